The lowest BCUT2D eigenvalue weighted by molar-refractivity contribution is -0.115. The molecule has 0 radical (unpaired) electrons. The van der Waals surface area contributed by atoms with Gasteiger partial charge in [0.05, 0.1) is 16.6 Å². The van der Waals surface area contributed by atoms with E-state index in [-0.39, 0.29) is 17.3 Å². The van der Waals surface area contributed by atoms with Crippen molar-refractivity contribution >= 4 is 23.4 Å². The number of ether oxygens (including phenoxy) is 1. The van der Waals surface area contributed by atoms with Crippen LogP contribution in [-0.4, -0.2) is 27.3 Å². The maximum absolute atomic E-state index is 12.7. The number of hydrogen-bond acceptors (Lipinski definition) is 4. The molecule has 29 heavy (non-hydrogen) atoms. The lowest BCUT2D eigenvalue weighted by Crippen LogP contribution is -2.24. The number of rotatable bonds is 7. The highest BCUT2D eigenvalue weighted by Crippen LogP contribution is 2.36. The molecule has 1 atom stereocenters. The van der Waals surface area contributed by atoms with E-state index in [2.05, 4.69) is 21.5 Å². The Hall–Kier alpha value is -2.09. The summed E-state index contributed by atoms with van der Waals surface area (Å²) in [6.45, 7) is 2.90. The van der Waals surface area contributed by atoms with Gasteiger partial charge >= 0.3 is 6.61 Å². The van der Waals surface area contributed by atoms with Gasteiger partial charge in [-0.15, -0.1) is 0 Å². The van der Waals surface area contributed by atoms with E-state index in [9.17, 15) is 13.6 Å². The zero-order valence-corrected chi connectivity index (χ0v) is 17.8. The fourth-order valence-electron chi connectivity index (χ4n) is 3.66. The van der Waals surface area contributed by atoms with Gasteiger partial charge in [0.1, 0.15) is 5.75 Å². The summed E-state index contributed by atoms with van der Waals surface area (Å²) in [6, 6.07) is 6.61. The van der Waals surface area contributed by atoms with Crippen LogP contribution in [0.2, 0.25) is 0 Å². The van der Waals surface area contributed by atoms with Crippen LogP contribution in [0.3, 0.4) is 0 Å². The highest BCUT2D eigenvalue weighted by atomic mass is 32.2. The van der Waals surface area contributed by atoms with Crippen molar-refractivity contribution in [3.63, 3.8) is 0 Å². The standard InChI is InChI=1S/C21H27F2N3O2S/c1-13-14(2)26(16-9-5-4-6-10-16)21(24-13)29-15(3)19(27)25-17-11-7-8-12-18(17)28-20(22)23/h7-8,11-12,15-16,20H,4-6,9-10H2,1-3H3,(H,25,27). The van der Waals surface area contributed by atoms with Gasteiger partial charge in [0.2, 0.25) is 5.91 Å². The van der Waals surface area contributed by atoms with Gasteiger partial charge in [-0.3, -0.25) is 4.79 Å². The smallest absolute Gasteiger partial charge is 0.387 e. The molecule has 3 rings (SSSR count). The molecule has 2 aromatic rings. The molecule has 1 N–H and O–H groups in total. The summed E-state index contributed by atoms with van der Waals surface area (Å²) >= 11 is 1.40. The summed E-state index contributed by atoms with van der Waals surface area (Å²) in [5.41, 5.74) is 2.34. The van der Waals surface area contributed by atoms with Crippen molar-refractivity contribution in [3.8, 4) is 5.75 Å². The molecule has 0 aliphatic heterocycles. The quantitative estimate of drug-likeness (QED) is 0.578. The van der Waals surface area contributed by atoms with Crippen LogP contribution in [0.25, 0.3) is 0 Å². The van der Waals surface area contributed by atoms with E-state index in [1.165, 1.54) is 37.1 Å². The van der Waals surface area contributed by atoms with Gasteiger partial charge in [-0.25, -0.2) is 4.98 Å². The second kappa shape index (κ2) is 9.61. The van der Waals surface area contributed by atoms with Crippen LogP contribution in [0.1, 0.15) is 56.5 Å². The van der Waals surface area contributed by atoms with Crippen molar-refractivity contribution in [1.29, 1.82) is 0 Å². The van der Waals surface area contributed by atoms with Gasteiger partial charge < -0.3 is 14.6 Å². The average molecular weight is 424 g/mol. The summed E-state index contributed by atoms with van der Waals surface area (Å²) in [7, 11) is 0. The van der Waals surface area contributed by atoms with Crippen molar-refractivity contribution in [2.45, 2.75) is 75.9 Å². The van der Waals surface area contributed by atoms with Gasteiger partial charge in [-0.1, -0.05) is 43.2 Å². The fraction of sp³-hybridized carbons (Fsp3) is 0.524. The zero-order valence-electron chi connectivity index (χ0n) is 17.0. The first-order valence-electron chi connectivity index (χ1n) is 9.93. The number of hydrogen-bond donors (Lipinski definition) is 1. The lowest BCUT2D eigenvalue weighted by atomic mass is 9.95. The number of carbonyl (C=O) groups excluding carboxylic acids is 1. The molecule has 1 amide bonds. The summed E-state index contributed by atoms with van der Waals surface area (Å²) in [5, 5.41) is 3.09. The lowest BCUT2D eigenvalue weighted by Gasteiger charge is -2.26. The van der Waals surface area contributed by atoms with Gasteiger partial charge in [-0.2, -0.15) is 8.78 Å². The monoisotopic (exact) mass is 423 g/mol. The van der Waals surface area contributed by atoms with Crippen molar-refractivity contribution in [2.24, 2.45) is 0 Å². The number of thioether (sulfide) groups is 1. The normalized spacial score (nSPS) is 16.1. The minimum Gasteiger partial charge on any atom is -0.433 e. The third-order valence-electron chi connectivity index (χ3n) is 5.31. The van der Waals surface area contributed by atoms with Crippen LogP contribution in [-0.2, 0) is 4.79 Å². The van der Waals surface area contributed by atoms with E-state index in [1.54, 1.807) is 25.1 Å². The largest absolute Gasteiger partial charge is 0.433 e. The number of aryl methyl sites for hydroxylation is 1. The Morgan fingerprint density at radius 3 is 2.62 bits per heavy atom. The minimum absolute atomic E-state index is 0.0524. The van der Waals surface area contributed by atoms with Gasteiger partial charge in [0.25, 0.3) is 0 Å². The molecule has 158 valence electrons. The Morgan fingerprint density at radius 2 is 1.93 bits per heavy atom. The highest BCUT2D eigenvalue weighted by molar-refractivity contribution is 8.00. The van der Waals surface area contributed by atoms with E-state index in [0.717, 1.165) is 29.4 Å². The molecule has 1 aromatic heterocycles. The van der Waals surface area contributed by atoms with Gasteiger partial charge in [0.15, 0.2) is 5.16 Å². The molecular weight excluding hydrogens is 396 g/mol. The summed E-state index contributed by atoms with van der Waals surface area (Å²) in [6.07, 6.45) is 5.95. The number of para-hydroxylation sites is 2. The van der Waals surface area contributed by atoms with Gasteiger partial charge in [-0.05, 0) is 45.7 Å². The highest BCUT2D eigenvalue weighted by Gasteiger charge is 2.25. The number of halogens is 2. The number of imidazole rings is 1. The third-order valence-corrected chi connectivity index (χ3v) is 6.37. The molecule has 1 fully saturated rings. The first-order chi connectivity index (χ1) is 13.9. The first kappa shape index (κ1) is 21.6. The molecule has 0 bridgehead atoms. The summed E-state index contributed by atoms with van der Waals surface area (Å²) in [4.78, 5) is 17.4. The minimum atomic E-state index is -2.95. The molecule has 1 saturated carbocycles. The number of amides is 1. The SMILES string of the molecule is Cc1nc(SC(C)C(=O)Nc2ccccc2OC(F)F)n(C2CCCCC2)c1C. The van der Waals surface area contributed by atoms with Crippen LogP contribution < -0.4 is 10.1 Å². The topological polar surface area (TPSA) is 56.1 Å². The van der Waals surface area contributed by atoms with Crippen LogP contribution in [0, 0.1) is 13.8 Å². The van der Waals surface area contributed by atoms with E-state index in [4.69, 9.17) is 4.98 Å². The summed E-state index contributed by atoms with van der Waals surface area (Å²) in [5.74, 6) is -0.336. The van der Waals surface area contributed by atoms with Crippen molar-refractivity contribution in [2.75, 3.05) is 5.32 Å². The molecule has 5 nitrogen and oxygen atoms in total. The number of aromatic nitrogens is 2. The summed E-state index contributed by atoms with van der Waals surface area (Å²) < 4.78 is 32.0. The molecule has 8 heteroatoms. The molecule has 1 heterocycles. The maximum atomic E-state index is 12.7. The fourth-order valence-corrected chi connectivity index (χ4v) is 4.73. The predicted octanol–water partition coefficient (Wildman–Crippen LogP) is 5.73. The van der Waals surface area contributed by atoms with Crippen LogP contribution >= 0.6 is 11.8 Å². The second-order valence-corrected chi connectivity index (χ2v) is 8.66. The van der Waals surface area contributed by atoms with Gasteiger partial charge in [0, 0.05) is 11.7 Å². The Balaban J connectivity index is 1.73. The Kier molecular flexibility index (Phi) is 7.16. The molecule has 0 saturated heterocycles. The molecule has 1 aromatic carbocycles. The van der Waals surface area contributed by atoms with Crippen LogP contribution in [0.15, 0.2) is 29.4 Å². The third kappa shape index (κ3) is 5.29. The first-order valence-corrected chi connectivity index (χ1v) is 10.8. The molecule has 1 unspecified atom stereocenters. The molecular formula is C21H27F2N3O2S. The average Bonchev–Trinajstić information content (AvgIpc) is 2.97. The van der Waals surface area contributed by atoms with Crippen molar-refractivity contribution < 1.29 is 18.3 Å². The van der Waals surface area contributed by atoms with Crippen molar-refractivity contribution in [3.05, 3.63) is 35.7 Å². The number of nitrogens with one attached hydrogen (secondary N) is 1. The number of anilines is 1. The van der Waals surface area contributed by atoms with Crippen LogP contribution in [0.5, 0.6) is 5.75 Å². The van der Waals surface area contributed by atoms with E-state index >= 15 is 0 Å². The van der Waals surface area contributed by atoms with E-state index in [0.29, 0.717) is 6.04 Å². The number of nitrogens with zero attached hydrogens (tertiary/aromatic N) is 2. The number of benzene rings is 1. The predicted molar refractivity (Wildman–Crippen MR) is 111 cm³/mol. The Morgan fingerprint density at radius 1 is 1.24 bits per heavy atom. The molecule has 1 aliphatic carbocycles. The second-order valence-electron chi connectivity index (χ2n) is 7.35. The molecule has 0 spiro atoms. The number of carbonyl (C=O) groups is 1. The maximum Gasteiger partial charge on any atom is 0.387 e. The van der Waals surface area contributed by atoms with Crippen molar-refractivity contribution in [1.82, 2.24) is 9.55 Å². The van der Waals surface area contributed by atoms with E-state index in [1.807, 2.05) is 6.92 Å². The number of alkyl halides is 2. The molecule has 1 aliphatic rings. The Bertz CT molecular complexity index is 850. The Labute approximate surface area is 174 Å². The zero-order chi connectivity index (χ0) is 21.0. The van der Waals surface area contributed by atoms with E-state index < -0.39 is 11.9 Å². The van der Waals surface area contributed by atoms with Crippen LogP contribution in [0.4, 0.5) is 14.5 Å².